The number of morpholine rings is 1. The maximum Gasteiger partial charge on any atom is 0.266 e. The van der Waals surface area contributed by atoms with Gasteiger partial charge < -0.3 is 15.0 Å². The Morgan fingerprint density at radius 3 is 3.06 bits per heavy atom. The van der Waals surface area contributed by atoms with Crippen LogP contribution in [-0.2, 0) is 4.74 Å². The molecule has 1 fully saturated rings. The van der Waals surface area contributed by atoms with E-state index in [1.165, 1.54) is 6.33 Å². The van der Waals surface area contributed by atoms with Crippen LogP contribution in [0.1, 0.15) is 0 Å². The molecule has 94 valence electrons. The van der Waals surface area contributed by atoms with Gasteiger partial charge in [-0.3, -0.25) is 9.69 Å². The Hall–Kier alpha value is -0.670. The molecule has 0 atom stereocenters. The van der Waals surface area contributed by atoms with Crippen molar-refractivity contribution in [2.75, 3.05) is 44.7 Å². The van der Waals surface area contributed by atoms with Gasteiger partial charge in [0, 0.05) is 26.2 Å². The van der Waals surface area contributed by atoms with Crippen molar-refractivity contribution in [3.05, 3.63) is 20.3 Å². The van der Waals surface area contributed by atoms with Gasteiger partial charge in [0.2, 0.25) is 0 Å². The Morgan fingerprint density at radius 2 is 2.29 bits per heavy atom. The van der Waals surface area contributed by atoms with Gasteiger partial charge in [-0.1, -0.05) is 0 Å². The highest BCUT2D eigenvalue weighted by atomic mass is 127. The van der Waals surface area contributed by atoms with Crippen LogP contribution in [0.4, 0.5) is 5.82 Å². The molecule has 0 amide bonds. The van der Waals surface area contributed by atoms with Crippen LogP contribution in [0.2, 0.25) is 0 Å². The number of nitrogens with zero attached hydrogens (tertiary/aromatic N) is 2. The van der Waals surface area contributed by atoms with Gasteiger partial charge in [-0.05, 0) is 22.6 Å². The van der Waals surface area contributed by atoms with E-state index in [4.69, 9.17) is 4.74 Å². The van der Waals surface area contributed by atoms with Gasteiger partial charge in [-0.25, -0.2) is 4.98 Å². The Kier molecular flexibility index (Phi) is 4.75. The number of H-pyrrole nitrogens is 1. The summed E-state index contributed by atoms with van der Waals surface area (Å²) in [6.45, 7) is 5.28. The molecule has 0 unspecified atom stereocenters. The summed E-state index contributed by atoms with van der Waals surface area (Å²) in [6, 6.07) is 0. The fourth-order valence-electron chi connectivity index (χ4n) is 1.66. The summed E-state index contributed by atoms with van der Waals surface area (Å²) in [5.74, 6) is 0.655. The summed E-state index contributed by atoms with van der Waals surface area (Å²) < 4.78 is 5.88. The quantitative estimate of drug-likeness (QED) is 0.755. The van der Waals surface area contributed by atoms with Gasteiger partial charge >= 0.3 is 0 Å². The van der Waals surface area contributed by atoms with E-state index in [9.17, 15) is 4.79 Å². The van der Waals surface area contributed by atoms with E-state index in [1.807, 2.05) is 22.6 Å². The molecule has 1 aromatic heterocycles. The van der Waals surface area contributed by atoms with Crippen LogP contribution in [0, 0.1) is 3.57 Å². The number of ether oxygens (including phenoxy) is 1. The van der Waals surface area contributed by atoms with E-state index in [0.29, 0.717) is 9.39 Å². The number of aromatic nitrogens is 2. The predicted octanol–water partition coefficient (Wildman–Crippen LogP) is 0.119. The minimum absolute atomic E-state index is 0.102. The summed E-state index contributed by atoms with van der Waals surface area (Å²) in [5.41, 5.74) is -0.102. The van der Waals surface area contributed by atoms with Gasteiger partial charge in [0.1, 0.15) is 9.39 Å². The normalized spacial score (nSPS) is 17.0. The molecular formula is C10H15IN4O2. The lowest BCUT2D eigenvalue weighted by Gasteiger charge is -2.26. The zero-order valence-corrected chi connectivity index (χ0v) is 11.6. The van der Waals surface area contributed by atoms with Gasteiger partial charge in [0.15, 0.2) is 0 Å². The lowest BCUT2D eigenvalue weighted by atomic mass is 10.4. The van der Waals surface area contributed by atoms with Gasteiger partial charge in [-0.2, -0.15) is 0 Å². The third-order valence-corrected chi connectivity index (χ3v) is 3.62. The molecule has 1 saturated heterocycles. The maximum absolute atomic E-state index is 11.3. The van der Waals surface area contributed by atoms with Crippen LogP contribution >= 0.6 is 22.6 Å². The van der Waals surface area contributed by atoms with Crippen molar-refractivity contribution in [1.29, 1.82) is 0 Å². The number of halogens is 1. The van der Waals surface area contributed by atoms with Gasteiger partial charge in [0.05, 0.1) is 19.5 Å². The highest BCUT2D eigenvalue weighted by Crippen LogP contribution is 2.08. The molecule has 0 aromatic carbocycles. The first-order chi connectivity index (χ1) is 8.27. The smallest absolute Gasteiger partial charge is 0.266 e. The van der Waals surface area contributed by atoms with Crippen LogP contribution in [-0.4, -0.2) is 54.3 Å². The molecule has 0 bridgehead atoms. The summed E-state index contributed by atoms with van der Waals surface area (Å²) in [7, 11) is 0. The van der Waals surface area contributed by atoms with Crippen molar-refractivity contribution >= 4 is 28.4 Å². The zero-order valence-electron chi connectivity index (χ0n) is 9.41. The van der Waals surface area contributed by atoms with Crippen molar-refractivity contribution in [3.8, 4) is 0 Å². The molecule has 1 aromatic rings. The molecular weight excluding hydrogens is 335 g/mol. The summed E-state index contributed by atoms with van der Waals surface area (Å²) in [4.78, 5) is 20.3. The Morgan fingerprint density at radius 1 is 1.53 bits per heavy atom. The molecule has 0 aliphatic carbocycles. The average Bonchev–Trinajstić information content (AvgIpc) is 2.36. The number of hydrogen-bond acceptors (Lipinski definition) is 5. The number of aromatic amines is 1. The molecule has 0 spiro atoms. The molecule has 2 rings (SSSR count). The van der Waals surface area contributed by atoms with Crippen LogP contribution in [0.15, 0.2) is 11.1 Å². The maximum atomic E-state index is 11.3. The number of nitrogens with one attached hydrogen (secondary N) is 2. The van der Waals surface area contributed by atoms with Crippen LogP contribution < -0.4 is 10.9 Å². The molecule has 0 radical (unpaired) electrons. The van der Waals surface area contributed by atoms with E-state index >= 15 is 0 Å². The molecule has 6 nitrogen and oxygen atoms in total. The largest absolute Gasteiger partial charge is 0.379 e. The third kappa shape index (κ3) is 3.65. The van der Waals surface area contributed by atoms with Crippen molar-refractivity contribution in [3.63, 3.8) is 0 Å². The van der Waals surface area contributed by atoms with E-state index in [0.717, 1.165) is 39.4 Å². The summed E-state index contributed by atoms with van der Waals surface area (Å²) in [5, 5.41) is 3.18. The van der Waals surface area contributed by atoms with Gasteiger partial charge in [0.25, 0.3) is 5.56 Å². The SMILES string of the molecule is O=c1[nH]cnc(NCCN2CCOCC2)c1I. The van der Waals surface area contributed by atoms with Gasteiger partial charge in [-0.15, -0.1) is 0 Å². The molecule has 1 aliphatic rings. The molecule has 17 heavy (non-hydrogen) atoms. The molecule has 2 N–H and O–H groups in total. The monoisotopic (exact) mass is 350 g/mol. The molecule has 0 saturated carbocycles. The Bertz CT molecular complexity index is 417. The minimum atomic E-state index is -0.102. The first-order valence-corrected chi connectivity index (χ1v) is 6.62. The average molecular weight is 350 g/mol. The number of anilines is 1. The second-order valence-electron chi connectivity index (χ2n) is 3.78. The van der Waals surface area contributed by atoms with E-state index in [1.54, 1.807) is 0 Å². The second kappa shape index (κ2) is 6.31. The first-order valence-electron chi connectivity index (χ1n) is 5.54. The van der Waals surface area contributed by atoms with Crippen LogP contribution in [0.5, 0.6) is 0 Å². The standard InChI is InChI=1S/C10H15IN4O2/c11-8-9(13-7-14-10(8)16)12-1-2-15-3-5-17-6-4-15/h7H,1-6H2,(H2,12,13,14,16). The number of rotatable bonds is 4. The van der Waals surface area contributed by atoms with E-state index in [2.05, 4.69) is 20.2 Å². The molecule has 1 aliphatic heterocycles. The number of hydrogen-bond donors (Lipinski definition) is 2. The van der Waals surface area contributed by atoms with Crippen LogP contribution in [0.3, 0.4) is 0 Å². The second-order valence-corrected chi connectivity index (χ2v) is 4.85. The van der Waals surface area contributed by atoms with E-state index < -0.39 is 0 Å². The predicted molar refractivity (Wildman–Crippen MR) is 73.3 cm³/mol. The lowest BCUT2D eigenvalue weighted by Crippen LogP contribution is -2.39. The first kappa shape index (κ1) is 12.8. The zero-order chi connectivity index (χ0) is 12.1. The van der Waals surface area contributed by atoms with Crippen molar-refractivity contribution in [1.82, 2.24) is 14.9 Å². The minimum Gasteiger partial charge on any atom is -0.379 e. The van der Waals surface area contributed by atoms with Crippen molar-refractivity contribution in [2.45, 2.75) is 0 Å². The van der Waals surface area contributed by atoms with Crippen molar-refractivity contribution < 1.29 is 4.74 Å². The van der Waals surface area contributed by atoms with Crippen molar-refractivity contribution in [2.24, 2.45) is 0 Å². The summed E-state index contributed by atoms with van der Waals surface area (Å²) >= 11 is 2.00. The van der Waals surface area contributed by atoms with E-state index in [-0.39, 0.29) is 5.56 Å². The molecule has 2 heterocycles. The highest BCUT2D eigenvalue weighted by Gasteiger charge is 2.10. The Labute approximate surface area is 113 Å². The fourth-order valence-corrected chi connectivity index (χ4v) is 2.15. The Balaban J connectivity index is 1.81. The topological polar surface area (TPSA) is 70.2 Å². The summed E-state index contributed by atoms with van der Waals surface area (Å²) in [6.07, 6.45) is 1.42. The lowest BCUT2D eigenvalue weighted by molar-refractivity contribution is 0.0398. The highest BCUT2D eigenvalue weighted by molar-refractivity contribution is 14.1. The fraction of sp³-hybridized carbons (Fsp3) is 0.600. The van der Waals surface area contributed by atoms with Crippen LogP contribution in [0.25, 0.3) is 0 Å². The molecule has 7 heteroatoms. The third-order valence-electron chi connectivity index (χ3n) is 2.62.